The lowest BCUT2D eigenvalue weighted by molar-refractivity contribution is -0.137. The number of rotatable bonds is 9. The molecule has 7 heteroatoms. The van der Waals surface area contributed by atoms with Gasteiger partial charge in [0.2, 0.25) is 0 Å². The summed E-state index contributed by atoms with van der Waals surface area (Å²) in [7, 11) is 1.51. The highest BCUT2D eigenvalue weighted by atomic mass is 16.5. The van der Waals surface area contributed by atoms with Crippen LogP contribution >= 0.6 is 0 Å². The van der Waals surface area contributed by atoms with Gasteiger partial charge in [-0.3, -0.25) is 9.69 Å². The van der Waals surface area contributed by atoms with Gasteiger partial charge in [-0.2, -0.15) is 0 Å². The average Bonchev–Trinajstić information content (AvgIpc) is 2.66. The first kappa shape index (κ1) is 20.1. The largest absolute Gasteiger partial charge is 0.506 e. The number of amides is 2. The number of benzene rings is 2. The molecule has 0 fully saturated rings. The lowest BCUT2D eigenvalue weighted by Crippen LogP contribution is -2.35. The predicted octanol–water partition coefficient (Wildman–Crippen LogP) is 4.08. The van der Waals surface area contributed by atoms with Crippen LogP contribution in [0.2, 0.25) is 0 Å². The predicted molar refractivity (Wildman–Crippen MR) is 104 cm³/mol. The molecular formula is C20H24N2O5. The summed E-state index contributed by atoms with van der Waals surface area (Å²) < 4.78 is 5.12. The van der Waals surface area contributed by atoms with Crippen LogP contribution in [0.3, 0.4) is 0 Å². The molecule has 0 saturated heterocycles. The second-order valence-corrected chi connectivity index (χ2v) is 6.00. The Bertz CT molecular complexity index is 764. The summed E-state index contributed by atoms with van der Waals surface area (Å²) in [4.78, 5) is 25.0. The van der Waals surface area contributed by atoms with Crippen LogP contribution in [0.15, 0.2) is 48.5 Å². The Morgan fingerprint density at radius 1 is 1.07 bits per heavy atom. The number of hydrogen-bond acceptors (Lipinski definition) is 4. The third-order valence-corrected chi connectivity index (χ3v) is 4.03. The van der Waals surface area contributed by atoms with Gasteiger partial charge in [0.1, 0.15) is 11.5 Å². The zero-order chi connectivity index (χ0) is 19.6. The topological polar surface area (TPSA) is 99.1 Å². The number of aliphatic carboxylic acids is 1. The van der Waals surface area contributed by atoms with Gasteiger partial charge in [0.15, 0.2) is 0 Å². The monoisotopic (exact) mass is 372 g/mol. The summed E-state index contributed by atoms with van der Waals surface area (Å²) in [6, 6.07) is 13.4. The van der Waals surface area contributed by atoms with Crippen molar-refractivity contribution >= 4 is 23.4 Å². The number of phenols is 1. The molecule has 0 aliphatic heterocycles. The Morgan fingerprint density at radius 3 is 2.48 bits per heavy atom. The highest BCUT2D eigenvalue weighted by Crippen LogP contribution is 2.28. The first-order chi connectivity index (χ1) is 13.0. The molecule has 2 aromatic rings. The van der Waals surface area contributed by atoms with Crippen molar-refractivity contribution in [3.05, 3.63) is 48.5 Å². The number of hydrogen-bond donors (Lipinski definition) is 3. The van der Waals surface area contributed by atoms with E-state index in [-0.39, 0.29) is 23.9 Å². The van der Waals surface area contributed by atoms with Crippen molar-refractivity contribution in [2.45, 2.75) is 25.7 Å². The summed E-state index contributed by atoms with van der Waals surface area (Å²) in [6.07, 6.45) is 2.05. The van der Waals surface area contributed by atoms with Crippen LogP contribution in [-0.2, 0) is 4.79 Å². The standard InChI is InChI=1S/C20H24N2O5/c1-27-16-11-12-18(23)17(14-16)21-20(26)22(15-8-4-2-5-9-15)13-7-3-6-10-19(24)25/h2,4-5,8-9,11-12,14,23H,3,6-7,10,13H2,1H3,(H,21,26)(H,24,25). The van der Waals surface area contributed by atoms with Gasteiger partial charge in [-0.25, -0.2) is 4.79 Å². The fourth-order valence-electron chi connectivity index (χ4n) is 2.60. The molecule has 0 radical (unpaired) electrons. The lowest BCUT2D eigenvalue weighted by atomic mass is 10.2. The molecule has 0 unspecified atom stereocenters. The number of methoxy groups -OCH3 is 1. The summed E-state index contributed by atoms with van der Waals surface area (Å²) in [6.45, 7) is 0.431. The van der Waals surface area contributed by atoms with Gasteiger partial charge >= 0.3 is 12.0 Å². The number of carbonyl (C=O) groups is 2. The molecule has 2 amide bonds. The van der Waals surface area contributed by atoms with E-state index in [2.05, 4.69) is 5.32 Å². The Balaban J connectivity index is 2.08. The highest BCUT2D eigenvalue weighted by molar-refractivity contribution is 6.02. The van der Waals surface area contributed by atoms with Crippen LogP contribution in [0.1, 0.15) is 25.7 Å². The second kappa shape index (κ2) is 10.1. The molecule has 3 N–H and O–H groups in total. The normalized spacial score (nSPS) is 10.3. The number of carboxylic acid groups (broad SMARTS) is 1. The SMILES string of the molecule is COc1ccc(O)c(NC(=O)N(CCCCCC(=O)O)c2ccccc2)c1. The summed E-state index contributed by atoms with van der Waals surface area (Å²) in [5.41, 5.74) is 0.974. The van der Waals surface area contributed by atoms with Gasteiger partial charge in [0.25, 0.3) is 0 Å². The molecule has 0 heterocycles. The van der Waals surface area contributed by atoms with Gasteiger partial charge in [0.05, 0.1) is 12.8 Å². The minimum Gasteiger partial charge on any atom is -0.506 e. The maximum absolute atomic E-state index is 12.8. The number of phenolic OH excluding ortho intramolecular Hbond substituents is 1. The van der Waals surface area contributed by atoms with Crippen LogP contribution < -0.4 is 15.0 Å². The fourth-order valence-corrected chi connectivity index (χ4v) is 2.60. The molecule has 0 aliphatic rings. The zero-order valence-corrected chi connectivity index (χ0v) is 15.2. The van der Waals surface area contributed by atoms with Gasteiger partial charge in [-0.05, 0) is 37.1 Å². The minimum absolute atomic E-state index is 0.0568. The van der Waals surface area contributed by atoms with Crippen molar-refractivity contribution in [2.24, 2.45) is 0 Å². The number of para-hydroxylation sites is 1. The minimum atomic E-state index is -0.818. The fraction of sp³-hybridized carbons (Fsp3) is 0.300. The van der Waals surface area contributed by atoms with Crippen LogP contribution in [0.25, 0.3) is 0 Å². The average molecular weight is 372 g/mol. The quantitative estimate of drug-likeness (QED) is 0.455. The third kappa shape index (κ3) is 6.22. The number of aromatic hydroxyl groups is 1. The van der Waals surface area contributed by atoms with Gasteiger partial charge in [0, 0.05) is 24.7 Å². The number of anilines is 2. The van der Waals surface area contributed by atoms with Crippen molar-refractivity contribution < 1.29 is 24.5 Å². The molecule has 0 atom stereocenters. The highest BCUT2D eigenvalue weighted by Gasteiger charge is 2.17. The number of nitrogens with one attached hydrogen (secondary N) is 1. The van der Waals surface area contributed by atoms with E-state index in [9.17, 15) is 14.7 Å². The Kier molecular flexibility index (Phi) is 7.49. The molecule has 0 aromatic heterocycles. The van der Waals surface area contributed by atoms with Crippen molar-refractivity contribution in [3.63, 3.8) is 0 Å². The Morgan fingerprint density at radius 2 is 1.81 bits per heavy atom. The van der Waals surface area contributed by atoms with Crippen LogP contribution in [0.4, 0.5) is 16.2 Å². The van der Waals surface area contributed by atoms with E-state index in [0.717, 1.165) is 5.69 Å². The number of carbonyl (C=O) groups excluding carboxylic acids is 1. The van der Waals surface area contributed by atoms with Crippen molar-refractivity contribution in [1.82, 2.24) is 0 Å². The number of nitrogens with zero attached hydrogens (tertiary/aromatic N) is 1. The first-order valence-corrected chi connectivity index (χ1v) is 8.73. The number of unbranched alkanes of at least 4 members (excludes halogenated alkanes) is 2. The first-order valence-electron chi connectivity index (χ1n) is 8.73. The lowest BCUT2D eigenvalue weighted by Gasteiger charge is -2.23. The van der Waals surface area contributed by atoms with Crippen LogP contribution in [-0.4, -0.2) is 35.9 Å². The maximum Gasteiger partial charge on any atom is 0.326 e. The third-order valence-electron chi connectivity index (χ3n) is 4.03. The van der Waals surface area contributed by atoms with Gasteiger partial charge in [-0.1, -0.05) is 24.6 Å². The Labute approximate surface area is 158 Å². The molecule has 0 aliphatic carbocycles. The van der Waals surface area contributed by atoms with Gasteiger partial charge in [-0.15, -0.1) is 0 Å². The maximum atomic E-state index is 12.8. The zero-order valence-electron chi connectivity index (χ0n) is 15.2. The molecule has 0 spiro atoms. The van der Waals surface area contributed by atoms with E-state index in [1.165, 1.54) is 13.2 Å². The van der Waals surface area contributed by atoms with Crippen LogP contribution in [0.5, 0.6) is 11.5 Å². The summed E-state index contributed by atoms with van der Waals surface area (Å²) in [5, 5.41) is 21.4. The molecule has 0 bridgehead atoms. The summed E-state index contributed by atoms with van der Waals surface area (Å²) >= 11 is 0. The van der Waals surface area contributed by atoms with Crippen molar-refractivity contribution in [2.75, 3.05) is 23.9 Å². The molecule has 0 saturated carbocycles. The van der Waals surface area contributed by atoms with Gasteiger partial charge < -0.3 is 20.3 Å². The molecule has 2 aromatic carbocycles. The van der Waals surface area contributed by atoms with E-state index in [1.54, 1.807) is 17.0 Å². The van der Waals surface area contributed by atoms with Crippen molar-refractivity contribution in [3.8, 4) is 11.5 Å². The molecule has 144 valence electrons. The second-order valence-electron chi connectivity index (χ2n) is 6.00. The van der Waals surface area contributed by atoms with E-state index in [0.29, 0.717) is 31.6 Å². The van der Waals surface area contributed by atoms with E-state index < -0.39 is 5.97 Å². The Hall–Kier alpha value is -3.22. The smallest absolute Gasteiger partial charge is 0.326 e. The number of urea groups is 1. The molecule has 2 rings (SSSR count). The summed E-state index contributed by atoms with van der Waals surface area (Å²) in [5.74, 6) is -0.359. The number of ether oxygens (including phenoxy) is 1. The van der Waals surface area contributed by atoms with E-state index in [4.69, 9.17) is 9.84 Å². The molecule has 7 nitrogen and oxygen atoms in total. The molecular weight excluding hydrogens is 348 g/mol. The van der Waals surface area contributed by atoms with Crippen molar-refractivity contribution in [1.29, 1.82) is 0 Å². The van der Waals surface area contributed by atoms with Crippen LogP contribution in [0, 0.1) is 0 Å². The number of carboxylic acids is 1. The molecule has 27 heavy (non-hydrogen) atoms. The van der Waals surface area contributed by atoms with E-state index in [1.807, 2.05) is 30.3 Å². The van der Waals surface area contributed by atoms with E-state index >= 15 is 0 Å².